The number of hydrogen-bond donors (Lipinski definition) is 1. The van der Waals surface area contributed by atoms with E-state index in [1.807, 2.05) is 6.92 Å². The minimum absolute atomic E-state index is 0.0925. The summed E-state index contributed by atoms with van der Waals surface area (Å²) in [6, 6.07) is 1.66. The summed E-state index contributed by atoms with van der Waals surface area (Å²) in [6.07, 6.45) is -0.673. The molecule has 1 aliphatic rings. The van der Waals surface area contributed by atoms with Gasteiger partial charge in [-0.1, -0.05) is 0 Å². The van der Waals surface area contributed by atoms with Gasteiger partial charge in [-0.15, -0.1) is 0 Å². The fourth-order valence-electron chi connectivity index (χ4n) is 1.64. The van der Waals surface area contributed by atoms with E-state index in [0.29, 0.717) is 5.69 Å². The Labute approximate surface area is 109 Å². The second-order valence-electron chi connectivity index (χ2n) is 4.15. The number of amides is 3. The van der Waals surface area contributed by atoms with Crippen LogP contribution in [-0.4, -0.2) is 52.3 Å². The normalized spacial score (nSPS) is 14.7. The van der Waals surface area contributed by atoms with Crippen LogP contribution in [0.5, 0.6) is 0 Å². The third kappa shape index (κ3) is 2.72. The van der Waals surface area contributed by atoms with Crippen molar-refractivity contribution in [1.82, 2.24) is 20.0 Å². The maximum atomic E-state index is 11.7. The molecule has 0 saturated carbocycles. The number of aromatic nitrogens is 2. The van der Waals surface area contributed by atoms with Crippen molar-refractivity contribution in [3.63, 3.8) is 0 Å². The van der Waals surface area contributed by atoms with Crippen LogP contribution in [-0.2, 0) is 16.6 Å². The summed E-state index contributed by atoms with van der Waals surface area (Å²) < 4.78 is 6.14. The van der Waals surface area contributed by atoms with Crippen LogP contribution in [0.15, 0.2) is 6.07 Å². The van der Waals surface area contributed by atoms with Crippen molar-refractivity contribution < 1.29 is 19.1 Å². The fourth-order valence-corrected chi connectivity index (χ4v) is 1.64. The van der Waals surface area contributed by atoms with Crippen molar-refractivity contribution in [1.29, 1.82) is 0 Å². The van der Waals surface area contributed by atoms with E-state index in [-0.39, 0.29) is 25.6 Å². The molecule has 3 amide bonds. The Morgan fingerprint density at radius 3 is 2.79 bits per heavy atom. The summed E-state index contributed by atoms with van der Waals surface area (Å²) in [5.41, 5.74) is 1.17. The molecule has 19 heavy (non-hydrogen) atoms. The molecule has 0 aliphatic carbocycles. The second-order valence-corrected chi connectivity index (χ2v) is 4.15. The summed E-state index contributed by atoms with van der Waals surface area (Å²) >= 11 is 0. The molecule has 1 aromatic rings. The van der Waals surface area contributed by atoms with Gasteiger partial charge in [-0.3, -0.25) is 14.3 Å². The first-order valence-electron chi connectivity index (χ1n) is 5.75. The highest BCUT2D eigenvalue weighted by Crippen LogP contribution is 2.04. The molecule has 0 radical (unpaired) electrons. The first kappa shape index (κ1) is 13.1. The highest BCUT2D eigenvalue weighted by atomic mass is 16.6. The molecule has 1 aromatic heterocycles. The average molecular weight is 266 g/mol. The molecule has 0 unspecified atom stereocenters. The zero-order valence-electron chi connectivity index (χ0n) is 10.7. The lowest BCUT2D eigenvalue weighted by atomic mass is 10.3. The number of ether oxygens (including phenoxy) is 1. The Morgan fingerprint density at radius 1 is 1.53 bits per heavy atom. The van der Waals surface area contributed by atoms with Crippen LogP contribution in [0.4, 0.5) is 4.79 Å². The average Bonchev–Trinajstić information content (AvgIpc) is 2.86. The maximum Gasteiger partial charge on any atom is 0.417 e. The molecule has 1 saturated heterocycles. The minimum atomic E-state index is -0.673. The number of aryl methyl sites for hydroxylation is 2. The number of cyclic esters (lactones) is 1. The van der Waals surface area contributed by atoms with Gasteiger partial charge in [-0.2, -0.15) is 5.10 Å². The summed E-state index contributed by atoms with van der Waals surface area (Å²) in [4.78, 5) is 35.1. The van der Waals surface area contributed by atoms with Gasteiger partial charge in [0.25, 0.3) is 11.8 Å². The van der Waals surface area contributed by atoms with E-state index in [0.717, 1.165) is 10.6 Å². The molecule has 2 heterocycles. The number of carbonyl (C=O) groups excluding carboxylic acids is 3. The second kappa shape index (κ2) is 5.09. The first-order valence-corrected chi connectivity index (χ1v) is 5.75. The van der Waals surface area contributed by atoms with E-state index in [1.165, 1.54) is 0 Å². The Hall–Kier alpha value is -2.38. The number of hydrogen-bond acceptors (Lipinski definition) is 5. The van der Waals surface area contributed by atoms with E-state index >= 15 is 0 Å². The van der Waals surface area contributed by atoms with Gasteiger partial charge in [0.1, 0.15) is 5.69 Å². The molecule has 0 bridgehead atoms. The number of nitrogens with one attached hydrogen (secondary N) is 1. The summed E-state index contributed by atoms with van der Waals surface area (Å²) in [5.74, 6) is -0.739. The Kier molecular flexibility index (Phi) is 3.50. The summed E-state index contributed by atoms with van der Waals surface area (Å²) in [7, 11) is 1.74. The van der Waals surface area contributed by atoms with Crippen LogP contribution in [0.25, 0.3) is 0 Å². The van der Waals surface area contributed by atoms with E-state index in [2.05, 4.69) is 15.2 Å². The van der Waals surface area contributed by atoms with Crippen molar-refractivity contribution in [2.75, 3.05) is 19.7 Å². The molecule has 8 heteroatoms. The van der Waals surface area contributed by atoms with Gasteiger partial charge >= 0.3 is 6.09 Å². The third-order valence-corrected chi connectivity index (χ3v) is 2.81. The van der Waals surface area contributed by atoms with Crippen LogP contribution < -0.4 is 5.32 Å². The SMILES string of the molecule is Cc1cc(C(=O)NCCN2C(=O)COC2=O)nn1C. The molecule has 1 aliphatic heterocycles. The molecule has 0 aromatic carbocycles. The molecular formula is C11H14N4O4. The number of carbonyl (C=O) groups is 3. The van der Waals surface area contributed by atoms with Gasteiger partial charge in [0.05, 0.1) is 0 Å². The zero-order chi connectivity index (χ0) is 14.0. The highest BCUT2D eigenvalue weighted by Gasteiger charge is 2.30. The van der Waals surface area contributed by atoms with Crippen molar-refractivity contribution in [2.45, 2.75) is 6.92 Å². The highest BCUT2D eigenvalue weighted by molar-refractivity contribution is 5.98. The molecule has 1 N–H and O–H groups in total. The Morgan fingerprint density at radius 2 is 2.26 bits per heavy atom. The topological polar surface area (TPSA) is 93.5 Å². The predicted octanol–water partition coefficient (Wildman–Crippen LogP) is -0.563. The smallest absolute Gasteiger partial charge is 0.417 e. The van der Waals surface area contributed by atoms with Gasteiger partial charge in [0.15, 0.2) is 6.61 Å². The largest absolute Gasteiger partial charge is 0.439 e. The monoisotopic (exact) mass is 266 g/mol. The van der Waals surface area contributed by atoms with Crippen molar-refractivity contribution in [3.05, 3.63) is 17.5 Å². The van der Waals surface area contributed by atoms with E-state index in [4.69, 9.17) is 0 Å². The van der Waals surface area contributed by atoms with Crippen molar-refractivity contribution >= 4 is 17.9 Å². The van der Waals surface area contributed by atoms with Gasteiger partial charge in [0.2, 0.25) is 0 Å². The van der Waals surface area contributed by atoms with Crippen LogP contribution in [0.1, 0.15) is 16.2 Å². The molecule has 2 rings (SSSR count). The van der Waals surface area contributed by atoms with Gasteiger partial charge in [0, 0.05) is 25.8 Å². The fraction of sp³-hybridized carbons (Fsp3) is 0.455. The van der Waals surface area contributed by atoms with Crippen LogP contribution in [0.2, 0.25) is 0 Å². The van der Waals surface area contributed by atoms with Gasteiger partial charge in [-0.05, 0) is 13.0 Å². The third-order valence-electron chi connectivity index (χ3n) is 2.81. The number of rotatable bonds is 4. The van der Waals surface area contributed by atoms with Crippen molar-refractivity contribution in [2.24, 2.45) is 7.05 Å². The Balaban J connectivity index is 1.84. The molecular weight excluding hydrogens is 252 g/mol. The number of nitrogens with zero attached hydrogens (tertiary/aromatic N) is 3. The van der Waals surface area contributed by atoms with E-state index in [1.54, 1.807) is 17.8 Å². The Bertz CT molecular complexity index is 501. The van der Waals surface area contributed by atoms with Gasteiger partial charge in [-0.25, -0.2) is 9.69 Å². The van der Waals surface area contributed by atoms with Crippen LogP contribution >= 0.6 is 0 Å². The quantitative estimate of drug-likeness (QED) is 0.788. The lowest BCUT2D eigenvalue weighted by Crippen LogP contribution is -2.37. The molecule has 8 nitrogen and oxygen atoms in total. The van der Waals surface area contributed by atoms with E-state index in [9.17, 15) is 14.4 Å². The minimum Gasteiger partial charge on any atom is -0.439 e. The first-order chi connectivity index (χ1) is 8.99. The van der Waals surface area contributed by atoms with Crippen LogP contribution in [0.3, 0.4) is 0 Å². The van der Waals surface area contributed by atoms with Crippen LogP contribution in [0, 0.1) is 6.92 Å². The van der Waals surface area contributed by atoms with Crippen molar-refractivity contribution in [3.8, 4) is 0 Å². The lowest BCUT2D eigenvalue weighted by molar-refractivity contribution is -0.125. The molecule has 102 valence electrons. The summed E-state index contributed by atoms with van der Waals surface area (Å²) in [6.45, 7) is 1.86. The zero-order valence-corrected chi connectivity index (χ0v) is 10.7. The number of imide groups is 1. The summed E-state index contributed by atoms with van der Waals surface area (Å²) in [5, 5.41) is 6.61. The maximum absolute atomic E-state index is 11.7. The van der Waals surface area contributed by atoms with Gasteiger partial charge < -0.3 is 10.1 Å². The molecule has 1 fully saturated rings. The molecule has 0 atom stereocenters. The standard InChI is InChI=1S/C11H14N4O4/c1-7-5-8(13-14(7)2)10(17)12-3-4-15-9(16)6-19-11(15)18/h5H,3-4,6H2,1-2H3,(H,12,17). The lowest BCUT2D eigenvalue weighted by Gasteiger charge is -2.10. The predicted molar refractivity (Wildman–Crippen MR) is 63.3 cm³/mol. The van der Waals surface area contributed by atoms with E-state index < -0.39 is 12.0 Å². The molecule has 0 spiro atoms.